The second-order valence-electron chi connectivity index (χ2n) is 20.0. The van der Waals surface area contributed by atoms with Crippen LogP contribution in [-0.4, -0.2) is 181 Å². The van der Waals surface area contributed by atoms with E-state index < -0.39 is 139 Å². The predicted molar refractivity (Wildman–Crippen MR) is 291 cm³/mol. The number of amides is 8. The molecule has 2 aromatic heterocycles. The summed E-state index contributed by atoms with van der Waals surface area (Å²) >= 11 is 0. The summed E-state index contributed by atoms with van der Waals surface area (Å²) < 4.78 is 0. The van der Waals surface area contributed by atoms with Crippen molar-refractivity contribution in [3.05, 3.63) is 54.2 Å². The molecule has 0 radical (unpaired) electrons. The average Bonchev–Trinajstić information content (AvgIpc) is 4.22. The van der Waals surface area contributed by atoms with Crippen molar-refractivity contribution in [2.45, 2.75) is 146 Å². The van der Waals surface area contributed by atoms with Crippen LogP contribution < -0.4 is 60.2 Å². The topological polar surface area (TPSA) is 497 Å². The molecule has 1 saturated heterocycles. The Labute approximate surface area is 465 Å². The van der Waals surface area contributed by atoms with Gasteiger partial charge in [0.25, 0.3) is 0 Å². The second-order valence-corrected chi connectivity index (χ2v) is 20.0. The van der Waals surface area contributed by atoms with Gasteiger partial charge in [0.2, 0.25) is 47.3 Å². The van der Waals surface area contributed by atoms with Crippen molar-refractivity contribution in [1.29, 1.82) is 0 Å². The van der Waals surface area contributed by atoms with Gasteiger partial charge in [-0.15, -0.1) is 0 Å². The van der Waals surface area contributed by atoms with E-state index in [9.17, 15) is 63.0 Å². The minimum absolute atomic E-state index is 0.00744. The number of benzene rings is 1. The molecule has 30 nitrogen and oxygen atoms in total. The molecule has 0 spiro atoms. The number of aliphatic carboxylic acids is 3. The van der Waals surface area contributed by atoms with E-state index in [4.69, 9.17) is 28.0 Å². The lowest BCUT2D eigenvalue weighted by Crippen LogP contribution is -2.59. The van der Waals surface area contributed by atoms with Crippen molar-refractivity contribution in [1.82, 2.24) is 57.1 Å². The summed E-state index contributed by atoms with van der Waals surface area (Å²) in [5, 5.41) is 46.7. The van der Waals surface area contributed by atoms with Crippen LogP contribution in [0, 0.1) is 5.92 Å². The maximum absolute atomic E-state index is 14.8. The van der Waals surface area contributed by atoms with Crippen LogP contribution in [0.5, 0.6) is 0 Å². The molecule has 444 valence electrons. The zero-order chi connectivity index (χ0) is 59.8. The van der Waals surface area contributed by atoms with Crippen molar-refractivity contribution in [3.8, 4) is 0 Å². The highest BCUT2D eigenvalue weighted by atomic mass is 16.4. The van der Waals surface area contributed by atoms with Gasteiger partial charge in [-0.25, -0.2) is 9.78 Å². The fraction of sp³-hybridized carbons (Fsp3) is 0.549. The number of carbonyl (C=O) groups is 11. The number of aromatic amines is 2. The van der Waals surface area contributed by atoms with E-state index in [1.165, 1.54) is 17.4 Å². The highest BCUT2D eigenvalue weighted by Crippen LogP contribution is 2.23. The number of nitrogens with zero attached hydrogens (tertiary/aromatic N) is 3. The number of fused-ring (bicyclic) bond motifs is 1. The van der Waals surface area contributed by atoms with E-state index >= 15 is 0 Å². The van der Waals surface area contributed by atoms with E-state index in [2.05, 4.69) is 57.2 Å². The van der Waals surface area contributed by atoms with Gasteiger partial charge in [-0.1, -0.05) is 38.5 Å². The first-order chi connectivity index (χ1) is 38.5. The lowest BCUT2D eigenvalue weighted by atomic mass is 10.0. The van der Waals surface area contributed by atoms with E-state index in [-0.39, 0.29) is 69.9 Å². The molecule has 8 amide bonds. The van der Waals surface area contributed by atoms with Crippen LogP contribution in [0.25, 0.3) is 10.9 Å². The predicted octanol–water partition coefficient (Wildman–Crippen LogP) is -3.33. The van der Waals surface area contributed by atoms with Gasteiger partial charge < -0.3 is 90.3 Å². The molecule has 1 aliphatic rings. The molecule has 30 heteroatoms. The summed E-state index contributed by atoms with van der Waals surface area (Å²) in [7, 11) is 0. The summed E-state index contributed by atoms with van der Waals surface area (Å²) in [5.74, 6) is -11.5. The van der Waals surface area contributed by atoms with Gasteiger partial charge in [-0.3, -0.25) is 52.9 Å². The van der Waals surface area contributed by atoms with E-state index in [1.807, 2.05) is 0 Å². The van der Waals surface area contributed by atoms with E-state index in [1.54, 1.807) is 44.3 Å². The third-order valence-corrected chi connectivity index (χ3v) is 13.1. The lowest BCUT2D eigenvalue weighted by molar-refractivity contribution is -0.144. The number of unbranched alkanes of at least 4 members (excludes halogenated alkanes) is 1. The van der Waals surface area contributed by atoms with Crippen LogP contribution >= 0.6 is 0 Å². The van der Waals surface area contributed by atoms with Gasteiger partial charge in [0.05, 0.1) is 25.3 Å². The molecule has 0 bridgehead atoms. The number of hydrogen-bond donors (Lipinski definition) is 16. The zero-order valence-electron chi connectivity index (χ0n) is 45.2. The third-order valence-electron chi connectivity index (χ3n) is 13.1. The standard InChI is InChI=1S/C51H76N16O14/c1-27(2)19-35(45(75)63-34(50(80)81)14-15-41(69)70)65-46(76)36(21-29-24-56-26-60-29)66-48(78)39-13-8-18-67(39)49(79)38(20-28-23-58-32-11-4-3-9-30(28)32)61-40(68)25-59-44(74)33(12-7-17-57-51(54)55)62-47(77)37(22-42(71)72)64-43(73)31(53)10-5-6-16-52/h3-4,9,11,23-24,26-27,31,33-39,58H,5-8,10,12-22,25,52-53H2,1-2H3,(H,56,60)(H,59,74)(H,61,68)(H,62,77)(H,63,75)(H,64,73)(H,65,76)(H,66,78)(H,69,70)(H,71,72)(H,80,81)(H4,54,55,57)/t31-,33-,34-,35-,36-,37-,38-,39-/m0/s1. The molecular weight excluding hydrogens is 1060 g/mol. The number of carboxylic acid groups (broad SMARTS) is 3. The van der Waals surface area contributed by atoms with Crippen LogP contribution in [-0.2, 0) is 65.6 Å². The smallest absolute Gasteiger partial charge is 0.326 e. The van der Waals surface area contributed by atoms with Crippen molar-refractivity contribution in [2.24, 2.45) is 33.8 Å². The number of rotatable bonds is 35. The lowest BCUT2D eigenvalue weighted by Gasteiger charge is -2.30. The van der Waals surface area contributed by atoms with Gasteiger partial charge in [0.15, 0.2) is 5.96 Å². The molecule has 3 aromatic rings. The quantitative estimate of drug-likeness (QED) is 0.0156. The van der Waals surface area contributed by atoms with Gasteiger partial charge >= 0.3 is 17.9 Å². The number of carboxylic acids is 3. The highest BCUT2D eigenvalue weighted by Gasteiger charge is 2.40. The summed E-state index contributed by atoms with van der Waals surface area (Å²) in [6.45, 7) is 3.15. The number of likely N-dealkylation sites (tertiary alicyclic amines) is 1. The van der Waals surface area contributed by atoms with Crippen LogP contribution in [0.3, 0.4) is 0 Å². The Hall–Kier alpha value is -8.67. The number of aromatic nitrogens is 3. The summed E-state index contributed by atoms with van der Waals surface area (Å²) in [5.41, 5.74) is 24.1. The van der Waals surface area contributed by atoms with Gasteiger partial charge in [-0.05, 0) is 75.5 Å². The molecule has 0 aliphatic carbocycles. The van der Waals surface area contributed by atoms with Crippen molar-refractivity contribution < 1.29 is 68.1 Å². The van der Waals surface area contributed by atoms with Crippen molar-refractivity contribution in [2.75, 3.05) is 26.2 Å². The molecular formula is C51H76N16O14. The van der Waals surface area contributed by atoms with Crippen molar-refractivity contribution >= 4 is 82.0 Å². The average molecular weight is 1140 g/mol. The summed E-state index contributed by atoms with van der Waals surface area (Å²) in [6, 6.07) is -3.90. The molecule has 1 aromatic carbocycles. The van der Waals surface area contributed by atoms with Crippen molar-refractivity contribution in [3.63, 3.8) is 0 Å². The first kappa shape index (κ1) is 64.9. The van der Waals surface area contributed by atoms with E-state index in [0.717, 1.165) is 5.39 Å². The van der Waals surface area contributed by atoms with Gasteiger partial charge in [-0.2, -0.15) is 0 Å². The fourth-order valence-corrected chi connectivity index (χ4v) is 8.97. The first-order valence-corrected chi connectivity index (χ1v) is 26.6. The van der Waals surface area contributed by atoms with Crippen LogP contribution in [0.2, 0.25) is 0 Å². The molecule has 8 atom stereocenters. The number of aliphatic imine (C=N–C) groups is 1. The van der Waals surface area contributed by atoms with Gasteiger partial charge in [0, 0.05) is 61.3 Å². The number of nitrogens with one attached hydrogen (secondary N) is 9. The number of hydrogen-bond acceptors (Lipinski definition) is 15. The summed E-state index contributed by atoms with van der Waals surface area (Å²) in [4.78, 5) is 161. The Morgan fingerprint density at radius 3 is 2.07 bits per heavy atom. The Bertz CT molecular complexity index is 2690. The number of para-hydroxylation sites is 1. The van der Waals surface area contributed by atoms with Crippen LogP contribution in [0.15, 0.2) is 48.0 Å². The minimum atomic E-state index is -1.67. The van der Waals surface area contributed by atoms with E-state index in [0.29, 0.717) is 42.6 Å². The Balaban J connectivity index is 1.56. The molecule has 1 fully saturated rings. The molecule has 20 N–H and O–H groups in total. The number of imidazole rings is 1. The highest BCUT2D eigenvalue weighted by molar-refractivity contribution is 5.98. The molecule has 81 heavy (non-hydrogen) atoms. The Kier molecular flexibility index (Phi) is 26.0. The maximum Gasteiger partial charge on any atom is 0.326 e. The Morgan fingerprint density at radius 2 is 1.42 bits per heavy atom. The fourth-order valence-electron chi connectivity index (χ4n) is 8.97. The SMILES string of the molecule is CC(C)C[C@H](NC(=O)[C@H](Cc1cnc[nH]1)NC(=O)[C@@H]1CCCN1C(=O)[C@H](Cc1c[nH]c2ccccc12)NC(=O)CNC(=O)[C@H](CCCN=C(N)N)NC(=O)[C@H](CC(=O)O)NC(=O)[C@@H](N)CCCCN)C(=O)N[C@@H](CCC(=O)O)C(=O)O. The van der Waals surface area contributed by atoms with Crippen LogP contribution in [0.1, 0.15) is 95.7 Å². The molecule has 0 unspecified atom stereocenters. The number of carbonyl (C=O) groups excluding carboxylic acids is 8. The normalized spacial score (nSPS) is 15.6. The Morgan fingerprint density at radius 1 is 0.741 bits per heavy atom. The number of guanidine groups is 1. The molecule has 1 aliphatic heterocycles. The largest absolute Gasteiger partial charge is 0.481 e. The maximum atomic E-state index is 14.8. The first-order valence-electron chi connectivity index (χ1n) is 26.6. The van der Waals surface area contributed by atoms with Crippen LogP contribution in [0.4, 0.5) is 0 Å². The minimum Gasteiger partial charge on any atom is -0.481 e. The molecule has 3 heterocycles. The monoisotopic (exact) mass is 1140 g/mol. The number of nitrogens with two attached hydrogens (primary N) is 4. The third kappa shape index (κ3) is 21.5. The van der Waals surface area contributed by atoms with Gasteiger partial charge in [0.1, 0.15) is 42.3 Å². The summed E-state index contributed by atoms with van der Waals surface area (Å²) in [6.07, 6.45) is 3.94. The molecule has 0 saturated carbocycles. The molecule has 4 rings (SSSR count). The second kappa shape index (κ2) is 32.4. The number of H-pyrrole nitrogens is 2. The zero-order valence-corrected chi connectivity index (χ0v) is 45.2.